The second kappa shape index (κ2) is 4.06. The van der Waals surface area contributed by atoms with Gasteiger partial charge in [-0.15, -0.1) is 0 Å². The van der Waals surface area contributed by atoms with E-state index in [1.165, 1.54) is 38.6 Å². The lowest BCUT2D eigenvalue weighted by atomic mass is 9.96. The molecule has 0 bridgehead atoms. The van der Waals surface area contributed by atoms with Crippen molar-refractivity contribution in [3.63, 3.8) is 0 Å². The molecule has 0 radical (unpaired) electrons. The summed E-state index contributed by atoms with van der Waals surface area (Å²) in [4.78, 5) is 4.96. The molecule has 1 aromatic heterocycles. The molecule has 0 fully saturated rings. The number of aromatic nitrogens is 1. The van der Waals surface area contributed by atoms with Gasteiger partial charge in [0, 0.05) is 10.8 Å². The van der Waals surface area contributed by atoms with E-state index in [4.69, 9.17) is 4.98 Å². The zero-order valence-corrected chi connectivity index (χ0v) is 12.3. The first-order valence-electron chi connectivity index (χ1n) is 6.77. The van der Waals surface area contributed by atoms with Gasteiger partial charge in [0.2, 0.25) is 0 Å². The van der Waals surface area contributed by atoms with Crippen LogP contribution in [-0.4, -0.2) is 4.98 Å². The number of hydrogen-bond donors (Lipinski definition) is 0. The molecule has 3 rings (SSSR count). The Morgan fingerprint density at radius 2 is 1.00 bits per heavy atom. The van der Waals surface area contributed by atoms with Crippen LogP contribution in [0.1, 0.15) is 27.8 Å². The van der Waals surface area contributed by atoms with Gasteiger partial charge in [0.15, 0.2) is 0 Å². The van der Waals surface area contributed by atoms with Crippen LogP contribution in [0.3, 0.4) is 0 Å². The van der Waals surface area contributed by atoms with Gasteiger partial charge in [0.25, 0.3) is 0 Å². The van der Waals surface area contributed by atoms with E-state index in [1.54, 1.807) is 0 Å². The Bertz CT molecular complexity index is 747. The molecule has 0 atom stereocenters. The molecule has 1 heterocycles. The highest BCUT2D eigenvalue weighted by atomic mass is 14.7. The SMILES string of the molecule is Cc1ccc2c(C)c3ccc(C)c(C)c3nc2c1C. The minimum atomic E-state index is 1.15. The van der Waals surface area contributed by atoms with Crippen LogP contribution in [-0.2, 0) is 0 Å². The zero-order valence-electron chi connectivity index (χ0n) is 12.3. The second-order valence-corrected chi connectivity index (χ2v) is 5.54. The summed E-state index contributed by atoms with van der Waals surface area (Å²) in [6.07, 6.45) is 0. The van der Waals surface area contributed by atoms with Crippen LogP contribution in [0.5, 0.6) is 0 Å². The molecule has 0 amide bonds. The third-order valence-corrected chi connectivity index (χ3v) is 4.44. The van der Waals surface area contributed by atoms with Crippen molar-refractivity contribution in [2.45, 2.75) is 34.6 Å². The number of benzene rings is 2. The van der Waals surface area contributed by atoms with E-state index in [2.05, 4.69) is 58.9 Å². The third kappa shape index (κ3) is 1.65. The van der Waals surface area contributed by atoms with E-state index in [0.717, 1.165) is 11.0 Å². The first-order valence-corrected chi connectivity index (χ1v) is 6.77. The lowest BCUT2D eigenvalue weighted by Gasteiger charge is -2.13. The van der Waals surface area contributed by atoms with Gasteiger partial charge in [-0.2, -0.15) is 0 Å². The summed E-state index contributed by atoms with van der Waals surface area (Å²) in [5, 5.41) is 2.55. The van der Waals surface area contributed by atoms with Crippen molar-refractivity contribution in [2.75, 3.05) is 0 Å². The molecule has 1 heteroatoms. The Morgan fingerprint density at radius 1 is 0.579 bits per heavy atom. The molecule has 0 aliphatic heterocycles. The van der Waals surface area contributed by atoms with Gasteiger partial charge < -0.3 is 0 Å². The van der Waals surface area contributed by atoms with E-state index < -0.39 is 0 Å². The summed E-state index contributed by atoms with van der Waals surface area (Å²) in [6.45, 7) is 10.8. The molecule has 3 aromatic rings. The topological polar surface area (TPSA) is 12.9 Å². The van der Waals surface area contributed by atoms with E-state index in [1.807, 2.05) is 0 Å². The number of aryl methyl sites for hydroxylation is 5. The molecule has 0 saturated heterocycles. The number of fused-ring (bicyclic) bond motifs is 2. The minimum absolute atomic E-state index is 1.15. The second-order valence-electron chi connectivity index (χ2n) is 5.54. The highest BCUT2D eigenvalue weighted by molar-refractivity contribution is 6.00. The quantitative estimate of drug-likeness (QED) is 0.515. The average Bonchev–Trinajstić information content (AvgIpc) is 2.39. The molecule has 0 spiro atoms. The van der Waals surface area contributed by atoms with Crippen molar-refractivity contribution in [1.29, 1.82) is 0 Å². The number of hydrogen-bond acceptors (Lipinski definition) is 1. The van der Waals surface area contributed by atoms with Gasteiger partial charge >= 0.3 is 0 Å². The molecule has 96 valence electrons. The van der Waals surface area contributed by atoms with E-state index in [9.17, 15) is 0 Å². The van der Waals surface area contributed by atoms with Gasteiger partial charge in [0.1, 0.15) is 0 Å². The van der Waals surface area contributed by atoms with Crippen LogP contribution >= 0.6 is 0 Å². The summed E-state index contributed by atoms with van der Waals surface area (Å²) in [6, 6.07) is 8.79. The molecule has 1 nitrogen and oxygen atoms in total. The maximum atomic E-state index is 4.96. The summed E-state index contributed by atoms with van der Waals surface area (Å²) in [5.41, 5.74) is 8.85. The Balaban J connectivity index is 2.60. The number of rotatable bonds is 0. The lowest BCUT2D eigenvalue weighted by molar-refractivity contribution is 1.30. The summed E-state index contributed by atoms with van der Waals surface area (Å²) < 4.78 is 0. The van der Waals surface area contributed by atoms with Crippen molar-refractivity contribution in [3.8, 4) is 0 Å². The van der Waals surface area contributed by atoms with Crippen LogP contribution in [0.4, 0.5) is 0 Å². The fourth-order valence-electron chi connectivity index (χ4n) is 2.75. The zero-order chi connectivity index (χ0) is 13.7. The van der Waals surface area contributed by atoms with Crippen LogP contribution < -0.4 is 0 Å². The average molecular weight is 249 g/mol. The maximum absolute atomic E-state index is 4.96. The Labute approximate surface area is 114 Å². The highest BCUT2D eigenvalue weighted by Crippen LogP contribution is 2.30. The Morgan fingerprint density at radius 3 is 1.42 bits per heavy atom. The maximum Gasteiger partial charge on any atom is 0.0744 e. The Kier molecular flexibility index (Phi) is 2.60. The molecule has 0 aliphatic carbocycles. The van der Waals surface area contributed by atoms with Gasteiger partial charge in [-0.3, -0.25) is 0 Å². The Hall–Kier alpha value is -1.89. The lowest BCUT2D eigenvalue weighted by Crippen LogP contribution is -1.95. The monoisotopic (exact) mass is 249 g/mol. The van der Waals surface area contributed by atoms with Crippen molar-refractivity contribution in [1.82, 2.24) is 4.98 Å². The third-order valence-electron chi connectivity index (χ3n) is 4.44. The van der Waals surface area contributed by atoms with Gasteiger partial charge in [-0.05, 0) is 62.4 Å². The first-order chi connectivity index (χ1) is 9.00. The largest absolute Gasteiger partial charge is 0.247 e. The molecule has 0 N–H and O–H groups in total. The summed E-state index contributed by atoms with van der Waals surface area (Å²) in [5.74, 6) is 0. The van der Waals surface area contributed by atoms with E-state index in [-0.39, 0.29) is 0 Å². The van der Waals surface area contributed by atoms with Crippen LogP contribution in [0.15, 0.2) is 24.3 Å². The van der Waals surface area contributed by atoms with Crippen molar-refractivity contribution < 1.29 is 0 Å². The van der Waals surface area contributed by atoms with Gasteiger partial charge in [-0.25, -0.2) is 4.98 Å². The fraction of sp³-hybridized carbons (Fsp3) is 0.278. The van der Waals surface area contributed by atoms with Crippen molar-refractivity contribution >= 4 is 21.8 Å². The van der Waals surface area contributed by atoms with Crippen LogP contribution in [0.2, 0.25) is 0 Å². The standard InChI is InChI=1S/C18H19N/c1-10-6-8-15-14(5)16-9-7-11(2)13(4)18(16)19-17(15)12(10)3/h6-9H,1-5H3. The molecule has 2 aromatic carbocycles. The van der Waals surface area contributed by atoms with Gasteiger partial charge in [-0.1, -0.05) is 24.3 Å². The minimum Gasteiger partial charge on any atom is -0.247 e. The molecular formula is C18H19N. The molecule has 0 saturated carbocycles. The van der Waals surface area contributed by atoms with Crippen LogP contribution in [0.25, 0.3) is 21.8 Å². The van der Waals surface area contributed by atoms with E-state index >= 15 is 0 Å². The molecule has 0 aliphatic rings. The highest BCUT2D eigenvalue weighted by Gasteiger charge is 2.11. The molecular weight excluding hydrogens is 230 g/mol. The summed E-state index contributed by atoms with van der Waals surface area (Å²) >= 11 is 0. The molecule has 19 heavy (non-hydrogen) atoms. The van der Waals surface area contributed by atoms with Crippen LogP contribution in [0, 0.1) is 34.6 Å². The fourth-order valence-corrected chi connectivity index (χ4v) is 2.75. The first kappa shape index (κ1) is 12.2. The van der Waals surface area contributed by atoms with Crippen molar-refractivity contribution in [2.24, 2.45) is 0 Å². The normalized spacial score (nSPS) is 11.4. The molecule has 0 unspecified atom stereocenters. The smallest absolute Gasteiger partial charge is 0.0744 e. The van der Waals surface area contributed by atoms with Crippen molar-refractivity contribution in [3.05, 3.63) is 52.1 Å². The summed E-state index contributed by atoms with van der Waals surface area (Å²) in [7, 11) is 0. The number of pyridine rings is 1. The predicted molar refractivity (Wildman–Crippen MR) is 82.9 cm³/mol. The van der Waals surface area contributed by atoms with Gasteiger partial charge in [0.05, 0.1) is 11.0 Å². The predicted octanol–water partition coefficient (Wildman–Crippen LogP) is 4.93. The number of nitrogens with zero attached hydrogens (tertiary/aromatic N) is 1. The van der Waals surface area contributed by atoms with E-state index in [0.29, 0.717) is 0 Å².